The van der Waals surface area contributed by atoms with Crippen LogP contribution in [0.2, 0.25) is 0 Å². The first-order valence-electron chi connectivity index (χ1n) is 9.96. The Morgan fingerprint density at radius 2 is 1.10 bits per heavy atom. The molecular weight excluding hydrogens is 814 g/mol. The molecule has 0 aliphatic heterocycles. The van der Waals surface area contributed by atoms with Gasteiger partial charge in [-0.2, -0.15) is 0 Å². The molecule has 2 aromatic carbocycles. The summed E-state index contributed by atoms with van der Waals surface area (Å²) >= 11 is 7.59. The predicted octanol–water partition coefficient (Wildman–Crippen LogP) is 1.66. The molecular formula is C23H46ClI2N4O8S2-. The van der Waals surface area contributed by atoms with E-state index in [-0.39, 0.29) is 40.1 Å². The van der Waals surface area contributed by atoms with Gasteiger partial charge in [-0.1, -0.05) is 14.9 Å². The van der Waals surface area contributed by atoms with Gasteiger partial charge in [-0.05, 0) is 74.2 Å². The second-order valence-electron chi connectivity index (χ2n) is 6.32. The number of carboxylic acid groups (broad SMARTS) is 1. The van der Waals surface area contributed by atoms with Gasteiger partial charge in [-0.25, -0.2) is 26.3 Å². The van der Waals surface area contributed by atoms with E-state index in [9.17, 15) is 26.4 Å². The Balaban J connectivity index is -0.0000000657. The number of alkyl halides is 1. The molecule has 0 heterocycles. The number of benzene rings is 2. The van der Waals surface area contributed by atoms with Crippen LogP contribution in [-0.2, 0) is 34.4 Å². The summed E-state index contributed by atoms with van der Waals surface area (Å²) in [4.78, 5) is 31.5. The predicted molar refractivity (Wildman–Crippen MR) is 174 cm³/mol. The topological polar surface area (TPSA) is 202 Å². The average molecular weight is 866 g/mol. The van der Waals surface area contributed by atoms with Gasteiger partial charge in [0.2, 0.25) is 31.2 Å². The van der Waals surface area contributed by atoms with E-state index in [4.69, 9.17) is 15.6 Å². The zero-order valence-electron chi connectivity index (χ0n) is 21.5. The average Bonchev–Trinajstić information content (AvgIpc) is 2.79. The monoisotopic (exact) mass is 865 g/mol. The first kappa shape index (κ1) is 48.2. The van der Waals surface area contributed by atoms with E-state index in [0.717, 1.165) is 6.92 Å². The van der Waals surface area contributed by atoms with Crippen LogP contribution in [0.4, 0.5) is 11.4 Å². The SMILES string of the molecule is C.C.CC(=O)Cl.CC(=O)O.CNS(=O)(=O)c1ccc(N)cc1.CNS(=O)(=O)c1ccc(NC(C)=O)cc1.C[I-]I.[3HH].[3HH].[3HH]. The third kappa shape index (κ3) is 28.0. The second kappa shape index (κ2) is 26.3. The van der Waals surface area contributed by atoms with Gasteiger partial charge in [0.15, 0.2) is 0 Å². The van der Waals surface area contributed by atoms with E-state index in [2.05, 4.69) is 49.9 Å². The zero-order valence-corrected chi connectivity index (χ0v) is 28.2. The van der Waals surface area contributed by atoms with Crippen molar-refractivity contribution < 1.29 is 57.8 Å². The normalized spacial score (nSPS) is 9.40. The molecule has 0 saturated carbocycles. The molecule has 0 bridgehead atoms. The standard InChI is InChI=1S/C9H12N2O3S.C7H10N2O2S.C2H3ClO.C2H4O2.CH3I2.2CH4.3H2/c1-7(12)11-8-3-5-9(6-4-8)15(13,14)10-2;1-9-12(10,11)7-4-2-6(8)3-5-7;2*1-2(3)4;1-3-2;;;;;/h3-6,10H,1-2H3,(H,11,12);2-5,9H,8H2,1H3;1H3;1H3,(H,3,4);1H3;2*1H4;3*1H/q;;;;-1;;;;;/i;;;;;;;3*1+2. The molecule has 0 fully saturated rings. The Bertz CT molecular complexity index is 1190. The summed E-state index contributed by atoms with van der Waals surface area (Å²) in [7, 11) is -4.02. The smallest absolute Gasteiger partial charge is 0 e. The minimum absolute atomic E-state index is 0. The van der Waals surface area contributed by atoms with Crippen molar-refractivity contribution in [1.82, 2.24) is 9.44 Å². The molecule has 0 aliphatic carbocycles. The quantitative estimate of drug-likeness (QED) is 0.128. The number of hydrogen-bond acceptors (Lipinski definition) is 8. The van der Waals surface area contributed by atoms with Gasteiger partial charge < -0.3 is 16.2 Å². The number of anilines is 2. The maximum absolute atomic E-state index is 11.3. The molecule has 1 amide bonds. The number of amides is 1. The second-order valence-corrected chi connectivity index (χ2v) is 16.9. The zero-order chi connectivity index (χ0) is 30.5. The van der Waals surface area contributed by atoms with Gasteiger partial charge in [0.05, 0.1) is 9.79 Å². The number of sulfonamides is 2. The number of carbonyl (C=O) groups excluding carboxylic acids is 2. The summed E-state index contributed by atoms with van der Waals surface area (Å²) in [5.41, 5.74) is 6.51. The summed E-state index contributed by atoms with van der Waals surface area (Å²) in [6.45, 7) is 3.76. The van der Waals surface area contributed by atoms with E-state index >= 15 is 0 Å². The van der Waals surface area contributed by atoms with E-state index in [1.165, 1.54) is 64.3 Å². The molecule has 40 heavy (non-hydrogen) atoms. The minimum atomic E-state index is -3.41. The van der Waals surface area contributed by atoms with Crippen LogP contribution in [0.3, 0.4) is 0 Å². The molecule has 0 aromatic heterocycles. The van der Waals surface area contributed by atoms with Crippen LogP contribution in [0.25, 0.3) is 0 Å². The van der Waals surface area contributed by atoms with Gasteiger partial charge in [0, 0.05) is 36.4 Å². The van der Waals surface area contributed by atoms with E-state index in [0.29, 0.717) is 28.6 Å². The Morgan fingerprint density at radius 1 is 0.850 bits per heavy atom. The molecule has 240 valence electrons. The minimum Gasteiger partial charge on any atom is 0 e. The molecule has 0 aliphatic rings. The Kier molecular flexibility index (Phi) is 31.7. The molecule has 0 unspecified atom stereocenters. The van der Waals surface area contributed by atoms with Gasteiger partial charge in [0.1, 0.15) is 0 Å². The van der Waals surface area contributed by atoms with Crippen molar-refractivity contribution in [1.29, 1.82) is 0 Å². The Morgan fingerprint density at radius 3 is 1.32 bits per heavy atom. The van der Waals surface area contributed by atoms with Gasteiger partial charge in [0.25, 0.3) is 5.97 Å². The number of rotatable bonds is 5. The van der Waals surface area contributed by atoms with E-state index in [1.54, 1.807) is 12.1 Å². The van der Waals surface area contributed by atoms with Crippen LogP contribution in [0.1, 0.15) is 39.9 Å². The molecule has 12 nitrogen and oxygen atoms in total. The van der Waals surface area contributed by atoms with Crippen LogP contribution in [-0.4, -0.2) is 58.1 Å². The largest absolute Gasteiger partial charge is 0 e. The van der Waals surface area contributed by atoms with Crippen molar-refractivity contribution in [3.63, 3.8) is 0 Å². The van der Waals surface area contributed by atoms with Crippen molar-refractivity contribution in [2.24, 2.45) is 0 Å². The molecule has 0 spiro atoms. The van der Waals surface area contributed by atoms with E-state index < -0.39 is 26.0 Å². The fourth-order valence-electron chi connectivity index (χ4n) is 1.80. The molecule has 2 aromatic rings. The van der Waals surface area contributed by atoms with Crippen molar-refractivity contribution in [3.8, 4) is 0 Å². The van der Waals surface area contributed by atoms with Crippen LogP contribution < -0.4 is 37.7 Å². The number of carbonyl (C=O) groups is 3. The summed E-state index contributed by atoms with van der Waals surface area (Å²) < 4.78 is 49.4. The van der Waals surface area contributed by atoms with Crippen LogP contribution in [0, 0.1) is 0 Å². The van der Waals surface area contributed by atoms with Gasteiger partial charge >= 0.3 is 40.8 Å². The Labute approximate surface area is 268 Å². The molecule has 17 heteroatoms. The molecule has 6 N–H and O–H groups in total. The van der Waals surface area contributed by atoms with Crippen LogP contribution >= 0.6 is 30.2 Å². The summed E-state index contributed by atoms with van der Waals surface area (Å²) in [6.07, 6.45) is 0. The molecule has 0 radical (unpaired) electrons. The molecule has 0 saturated heterocycles. The summed E-state index contributed by atoms with van der Waals surface area (Å²) in [6, 6.07) is 11.9. The fourth-order valence-corrected chi connectivity index (χ4v) is 3.26. The number of nitrogen functional groups attached to an aromatic ring is 1. The summed E-state index contributed by atoms with van der Waals surface area (Å²) in [5.74, 6) is -1.03. The van der Waals surface area contributed by atoms with Gasteiger partial charge in [-0.3, -0.25) is 14.4 Å². The number of halogens is 3. The maximum atomic E-state index is 11.3. The van der Waals surface area contributed by atoms with Crippen molar-refractivity contribution in [2.75, 3.05) is 30.1 Å². The number of nitrogens with one attached hydrogen (secondary N) is 3. The first-order valence-corrected chi connectivity index (χ1v) is 21.7. The summed E-state index contributed by atoms with van der Waals surface area (Å²) in [5, 5.41) is 9.60. The Hall–Kier alpha value is -1.58. The van der Waals surface area contributed by atoms with E-state index in [1.807, 2.05) is 0 Å². The fraction of sp³-hybridized carbons (Fsp3) is 0.348. The number of carboxylic acids is 1. The van der Waals surface area contributed by atoms with Crippen molar-refractivity contribution in [2.45, 2.75) is 45.4 Å². The van der Waals surface area contributed by atoms with Crippen LogP contribution in [0.15, 0.2) is 58.3 Å². The molecule has 2 rings (SSSR count). The van der Waals surface area contributed by atoms with Crippen molar-refractivity contribution in [3.05, 3.63) is 48.5 Å². The number of hydrogen-bond donors (Lipinski definition) is 5. The third-order valence-electron chi connectivity index (χ3n) is 3.21. The van der Waals surface area contributed by atoms with Gasteiger partial charge in [-0.15, -0.1) is 0 Å². The first-order chi connectivity index (χ1) is 17.4. The molecule has 0 atom stereocenters. The van der Waals surface area contributed by atoms with Crippen LogP contribution in [0.5, 0.6) is 0 Å². The van der Waals surface area contributed by atoms with Crippen molar-refractivity contribution >= 4 is 78.8 Å². The number of nitrogens with two attached hydrogens (primary N) is 1. The maximum Gasteiger partial charge on any atom is 0 e. The number of aliphatic carboxylic acids is 1. The third-order valence-corrected chi connectivity index (χ3v) is 6.07.